The van der Waals surface area contributed by atoms with E-state index in [4.69, 9.17) is 4.74 Å². The van der Waals surface area contributed by atoms with E-state index in [0.717, 1.165) is 0 Å². The molecule has 1 amide bonds. The Morgan fingerprint density at radius 3 is 2.50 bits per heavy atom. The van der Waals surface area contributed by atoms with Gasteiger partial charge in [-0.2, -0.15) is 0 Å². The number of nitro benzene ring substituents is 1. The number of ether oxygens (including phenoxy) is 1. The Hall–Kier alpha value is -2.44. The number of likely N-dealkylation sites (tertiary alicyclic amines) is 1. The van der Waals surface area contributed by atoms with Gasteiger partial charge in [-0.1, -0.05) is 6.07 Å². The van der Waals surface area contributed by atoms with Crippen molar-refractivity contribution in [3.05, 3.63) is 39.4 Å². The van der Waals surface area contributed by atoms with E-state index in [-0.39, 0.29) is 23.5 Å². The number of esters is 1. The molecular weight excluding hydrogens is 288 g/mol. The van der Waals surface area contributed by atoms with E-state index < -0.39 is 4.92 Å². The number of benzene rings is 1. The van der Waals surface area contributed by atoms with E-state index in [2.05, 4.69) is 0 Å². The highest BCUT2D eigenvalue weighted by Gasteiger charge is 2.29. The normalized spacial score (nSPS) is 15.5. The Morgan fingerprint density at radius 1 is 1.32 bits per heavy atom. The first kappa shape index (κ1) is 15.9. The monoisotopic (exact) mass is 306 g/mol. The van der Waals surface area contributed by atoms with E-state index in [9.17, 15) is 19.7 Å². The number of methoxy groups -OCH3 is 1. The molecule has 7 nitrogen and oxygen atoms in total. The minimum Gasteiger partial charge on any atom is -0.469 e. The highest BCUT2D eigenvalue weighted by molar-refractivity contribution is 5.96. The molecule has 2 rings (SSSR count). The minimum absolute atomic E-state index is 0.0599. The van der Waals surface area contributed by atoms with Gasteiger partial charge < -0.3 is 9.64 Å². The lowest BCUT2D eigenvalue weighted by Gasteiger charge is -2.31. The summed E-state index contributed by atoms with van der Waals surface area (Å²) in [4.78, 5) is 36.1. The predicted octanol–water partition coefficient (Wildman–Crippen LogP) is 1.93. The van der Waals surface area contributed by atoms with E-state index >= 15 is 0 Å². The molecule has 0 radical (unpaired) electrons. The molecule has 0 unspecified atom stereocenters. The highest BCUT2D eigenvalue weighted by Crippen LogP contribution is 2.25. The fourth-order valence-corrected chi connectivity index (χ4v) is 2.71. The Labute approximate surface area is 128 Å². The summed E-state index contributed by atoms with van der Waals surface area (Å²) >= 11 is 0. The zero-order valence-electron chi connectivity index (χ0n) is 12.6. The van der Waals surface area contributed by atoms with E-state index in [0.29, 0.717) is 37.1 Å². The van der Waals surface area contributed by atoms with Crippen LogP contribution in [0, 0.1) is 23.0 Å². The number of carbonyl (C=O) groups excluding carboxylic acids is 2. The second-order valence-corrected chi connectivity index (χ2v) is 5.30. The van der Waals surface area contributed by atoms with E-state index in [1.54, 1.807) is 17.9 Å². The molecule has 0 aromatic heterocycles. The van der Waals surface area contributed by atoms with Crippen molar-refractivity contribution in [1.29, 1.82) is 0 Å². The summed E-state index contributed by atoms with van der Waals surface area (Å²) in [6.07, 6.45) is 1.10. The van der Waals surface area contributed by atoms with Gasteiger partial charge in [-0.05, 0) is 25.8 Å². The maximum Gasteiger partial charge on any atom is 0.308 e. The van der Waals surface area contributed by atoms with Crippen LogP contribution in [0.2, 0.25) is 0 Å². The van der Waals surface area contributed by atoms with Crippen molar-refractivity contribution in [3.8, 4) is 0 Å². The van der Waals surface area contributed by atoms with Gasteiger partial charge in [0.05, 0.1) is 18.0 Å². The van der Waals surface area contributed by atoms with Crippen molar-refractivity contribution >= 4 is 17.6 Å². The smallest absolute Gasteiger partial charge is 0.308 e. The summed E-state index contributed by atoms with van der Waals surface area (Å²) in [5.41, 5.74) is 0.647. The van der Waals surface area contributed by atoms with Gasteiger partial charge in [-0.3, -0.25) is 19.7 Å². The summed E-state index contributed by atoms with van der Waals surface area (Å²) in [5, 5.41) is 11.0. The van der Waals surface area contributed by atoms with Crippen LogP contribution in [0.4, 0.5) is 5.69 Å². The zero-order valence-corrected chi connectivity index (χ0v) is 12.6. The molecule has 118 valence electrons. The van der Waals surface area contributed by atoms with Crippen LogP contribution in [-0.2, 0) is 9.53 Å². The van der Waals surface area contributed by atoms with Gasteiger partial charge in [0, 0.05) is 30.3 Å². The summed E-state index contributed by atoms with van der Waals surface area (Å²) in [6, 6.07) is 4.49. The molecule has 1 aromatic carbocycles. The highest BCUT2D eigenvalue weighted by atomic mass is 16.6. The van der Waals surface area contributed by atoms with Crippen molar-refractivity contribution in [3.63, 3.8) is 0 Å². The number of amides is 1. The second-order valence-electron chi connectivity index (χ2n) is 5.30. The Kier molecular flexibility index (Phi) is 4.75. The number of carbonyl (C=O) groups is 2. The Balaban J connectivity index is 2.12. The van der Waals surface area contributed by atoms with Gasteiger partial charge in [0.2, 0.25) is 0 Å². The van der Waals surface area contributed by atoms with Crippen LogP contribution < -0.4 is 0 Å². The van der Waals surface area contributed by atoms with Gasteiger partial charge in [-0.15, -0.1) is 0 Å². The Bertz CT molecular complexity index is 606. The third-order valence-corrected chi connectivity index (χ3v) is 4.05. The van der Waals surface area contributed by atoms with Crippen molar-refractivity contribution in [1.82, 2.24) is 4.90 Å². The molecule has 22 heavy (non-hydrogen) atoms. The maximum atomic E-state index is 12.5. The molecule has 0 spiro atoms. The van der Waals surface area contributed by atoms with E-state index in [1.165, 1.54) is 19.2 Å². The van der Waals surface area contributed by atoms with Crippen LogP contribution in [0.3, 0.4) is 0 Å². The third-order valence-electron chi connectivity index (χ3n) is 4.05. The summed E-state index contributed by atoms with van der Waals surface area (Å²) in [6.45, 7) is 2.47. The summed E-state index contributed by atoms with van der Waals surface area (Å²) in [7, 11) is 1.35. The molecule has 1 aromatic rings. The quantitative estimate of drug-likeness (QED) is 0.483. The van der Waals surface area contributed by atoms with Crippen LogP contribution in [0.25, 0.3) is 0 Å². The molecule has 1 fully saturated rings. The van der Waals surface area contributed by atoms with Gasteiger partial charge in [0.1, 0.15) is 0 Å². The average molecular weight is 306 g/mol. The standard InChI is InChI=1S/C15H18N2O5/c1-10-12(4-3-5-13(10)17(20)21)14(18)16-8-6-11(7-9-16)15(19)22-2/h3-5,11H,6-9H2,1-2H3. The number of nitro groups is 1. The fraction of sp³-hybridized carbons (Fsp3) is 0.467. The van der Waals surface area contributed by atoms with Gasteiger partial charge >= 0.3 is 5.97 Å². The minimum atomic E-state index is -0.490. The molecule has 1 aliphatic rings. The molecular formula is C15H18N2O5. The number of hydrogen-bond donors (Lipinski definition) is 0. The molecule has 0 N–H and O–H groups in total. The summed E-state index contributed by atoms with van der Waals surface area (Å²) < 4.78 is 4.71. The SMILES string of the molecule is COC(=O)C1CCN(C(=O)c2cccc([N+](=O)[O-])c2C)CC1. The van der Waals surface area contributed by atoms with Crippen LogP contribution in [0.5, 0.6) is 0 Å². The largest absolute Gasteiger partial charge is 0.469 e. The third kappa shape index (κ3) is 3.08. The predicted molar refractivity (Wildman–Crippen MR) is 78.5 cm³/mol. The number of hydrogen-bond acceptors (Lipinski definition) is 5. The first-order chi connectivity index (χ1) is 10.5. The Morgan fingerprint density at radius 2 is 1.95 bits per heavy atom. The lowest BCUT2D eigenvalue weighted by molar-refractivity contribution is -0.385. The van der Waals surface area contributed by atoms with Crippen molar-refractivity contribution in [2.75, 3.05) is 20.2 Å². The molecule has 1 heterocycles. The topological polar surface area (TPSA) is 89.8 Å². The number of piperidine rings is 1. The lowest BCUT2D eigenvalue weighted by Crippen LogP contribution is -2.40. The first-order valence-electron chi connectivity index (χ1n) is 7.06. The van der Waals surface area contributed by atoms with Crippen molar-refractivity contribution < 1.29 is 19.2 Å². The van der Waals surface area contributed by atoms with Crippen LogP contribution in [0.1, 0.15) is 28.8 Å². The zero-order chi connectivity index (χ0) is 16.3. The maximum absolute atomic E-state index is 12.5. The molecule has 0 saturated carbocycles. The molecule has 0 bridgehead atoms. The molecule has 1 saturated heterocycles. The van der Waals surface area contributed by atoms with Crippen molar-refractivity contribution in [2.24, 2.45) is 5.92 Å². The molecule has 0 aliphatic carbocycles. The number of nitrogens with zero attached hydrogens (tertiary/aromatic N) is 2. The molecule has 7 heteroatoms. The molecule has 0 atom stereocenters. The van der Waals surface area contributed by atoms with Gasteiger partial charge in [0.15, 0.2) is 0 Å². The first-order valence-corrected chi connectivity index (χ1v) is 7.06. The van der Waals surface area contributed by atoms with Crippen LogP contribution >= 0.6 is 0 Å². The average Bonchev–Trinajstić information content (AvgIpc) is 2.53. The molecule has 1 aliphatic heterocycles. The van der Waals surface area contributed by atoms with Crippen LogP contribution in [-0.4, -0.2) is 41.9 Å². The second kappa shape index (κ2) is 6.55. The van der Waals surface area contributed by atoms with Crippen LogP contribution in [0.15, 0.2) is 18.2 Å². The van der Waals surface area contributed by atoms with Crippen molar-refractivity contribution in [2.45, 2.75) is 19.8 Å². The fourth-order valence-electron chi connectivity index (χ4n) is 2.71. The number of rotatable bonds is 3. The van der Waals surface area contributed by atoms with Gasteiger partial charge in [0.25, 0.3) is 11.6 Å². The van der Waals surface area contributed by atoms with E-state index in [1.807, 2.05) is 0 Å². The summed E-state index contributed by atoms with van der Waals surface area (Å²) in [5.74, 6) is -0.664. The lowest BCUT2D eigenvalue weighted by atomic mass is 9.96. The van der Waals surface area contributed by atoms with Gasteiger partial charge in [-0.25, -0.2) is 0 Å².